The fourth-order valence-corrected chi connectivity index (χ4v) is 2.39. The molecule has 0 aromatic carbocycles. The molecule has 6 heteroatoms. The van der Waals surface area contributed by atoms with E-state index in [1.54, 1.807) is 13.8 Å². The van der Waals surface area contributed by atoms with Crippen molar-refractivity contribution in [1.82, 2.24) is 10.2 Å². The quantitative estimate of drug-likeness (QED) is 0.650. The number of carbonyl (C=O) groups is 3. The highest BCUT2D eigenvalue weighted by molar-refractivity contribution is 6.06. The topological polar surface area (TPSA) is 75.7 Å². The second-order valence-electron chi connectivity index (χ2n) is 5.33. The third kappa shape index (κ3) is 2.01. The Bertz CT molecular complexity index is 405. The maximum atomic E-state index is 12.4. The van der Waals surface area contributed by atoms with Crippen LogP contribution in [0.4, 0.5) is 0 Å². The van der Waals surface area contributed by atoms with Gasteiger partial charge in [-0.05, 0) is 27.2 Å². The zero-order chi connectivity index (χ0) is 13.5. The van der Waals surface area contributed by atoms with Gasteiger partial charge >= 0.3 is 0 Å². The summed E-state index contributed by atoms with van der Waals surface area (Å²) in [6, 6.07) is 0. The number of hydrogen-bond acceptors (Lipinski definition) is 4. The van der Waals surface area contributed by atoms with Gasteiger partial charge < -0.3 is 9.64 Å². The van der Waals surface area contributed by atoms with Crippen molar-refractivity contribution in [2.45, 2.75) is 38.8 Å². The molecule has 2 heterocycles. The number of carbonyl (C=O) groups excluding carboxylic acids is 3. The summed E-state index contributed by atoms with van der Waals surface area (Å²) in [5.74, 6) is -1.30. The number of ether oxygens (including phenoxy) is 1. The third-order valence-corrected chi connectivity index (χ3v) is 3.74. The Morgan fingerprint density at radius 1 is 1.44 bits per heavy atom. The lowest BCUT2D eigenvalue weighted by atomic mass is 9.93. The van der Waals surface area contributed by atoms with E-state index in [2.05, 4.69) is 5.32 Å². The Morgan fingerprint density at radius 2 is 2.11 bits per heavy atom. The molecular formula is C12H18N2O4. The minimum absolute atomic E-state index is 0.0687. The van der Waals surface area contributed by atoms with E-state index in [0.717, 1.165) is 0 Å². The molecule has 18 heavy (non-hydrogen) atoms. The van der Waals surface area contributed by atoms with E-state index >= 15 is 0 Å². The maximum absolute atomic E-state index is 12.4. The Morgan fingerprint density at radius 3 is 2.67 bits per heavy atom. The fraction of sp³-hybridized carbons (Fsp3) is 0.750. The first-order valence-corrected chi connectivity index (χ1v) is 6.11. The van der Waals surface area contributed by atoms with Crippen LogP contribution in [0.1, 0.15) is 27.2 Å². The second kappa shape index (κ2) is 4.35. The summed E-state index contributed by atoms with van der Waals surface area (Å²) in [7, 11) is 0. The van der Waals surface area contributed by atoms with Crippen molar-refractivity contribution in [1.29, 1.82) is 0 Å². The van der Waals surface area contributed by atoms with E-state index in [9.17, 15) is 14.4 Å². The van der Waals surface area contributed by atoms with Crippen molar-refractivity contribution in [2.24, 2.45) is 5.92 Å². The van der Waals surface area contributed by atoms with Gasteiger partial charge in [0.15, 0.2) is 0 Å². The first-order chi connectivity index (χ1) is 8.34. The molecule has 0 saturated carbocycles. The molecule has 2 atom stereocenters. The van der Waals surface area contributed by atoms with Crippen LogP contribution in [0, 0.1) is 5.92 Å². The molecule has 1 N–H and O–H groups in total. The average Bonchev–Trinajstić information content (AvgIpc) is 2.69. The first kappa shape index (κ1) is 13.0. The Hall–Kier alpha value is -1.43. The number of nitrogens with zero attached hydrogens (tertiary/aromatic N) is 1. The molecule has 0 aromatic rings. The van der Waals surface area contributed by atoms with E-state index < -0.39 is 17.4 Å². The van der Waals surface area contributed by atoms with Gasteiger partial charge in [0.05, 0.1) is 12.0 Å². The van der Waals surface area contributed by atoms with Crippen LogP contribution in [0.2, 0.25) is 0 Å². The van der Waals surface area contributed by atoms with Crippen LogP contribution in [0.15, 0.2) is 0 Å². The van der Waals surface area contributed by atoms with E-state index in [1.165, 1.54) is 4.90 Å². The van der Waals surface area contributed by atoms with Gasteiger partial charge in [0.25, 0.3) is 5.91 Å². The van der Waals surface area contributed by atoms with Crippen molar-refractivity contribution >= 4 is 17.7 Å². The van der Waals surface area contributed by atoms with Gasteiger partial charge in [0.1, 0.15) is 12.1 Å². The predicted molar refractivity (Wildman–Crippen MR) is 62.5 cm³/mol. The summed E-state index contributed by atoms with van der Waals surface area (Å²) >= 11 is 0. The molecule has 0 aromatic heterocycles. The van der Waals surface area contributed by atoms with E-state index in [4.69, 9.17) is 4.74 Å². The van der Waals surface area contributed by atoms with E-state index in [0.29, 0.717) is 13.0 Å². The van der Waals surface area contributed by atoms with Crippen LogP contribution in [0.5, 0.6) is 0 Å². The van der Waals surface area contributed by atoms with Crippen molar-refractivity contribution < 1.29 is 19.1 Å². The van der Waals surface area contributed by atoms with Crippen molar-refractivity contribution in [2.75, 3.05) is 13.2 Å². The molecule has 0 aliphatic carbocycles. The van der Waals surface area contributed by atoms with E-state index in [-0.39, 0.29) is 24.5 Å². The number of rotatable bonds is 1. The second-order valence-corrected chi connectivity index (χ2v) is 5.33. The molecule has 100 valence electrons. The molecular weight excluding hydrogens is 236 g/mol. The summed E-state index contributed by atoms with van der Waals surface area (Å²) in [5.41, 5.74) is -0.993. The summed E-state index contributed by atoms with van der Waals surface area (Å²) in [5, 5.41) is 2.25. The number of nitrogens with one attached hydrogen (secondary N) is 1. The van der Waals surface area contributed by atoms with Gasteiger partial charge in [-0.25, -0.2) is 0 Å². The Balaban J connectivity index is 2.22. The number of imide groups is 1. The molecule has 2 aliphatic heterocycles. The number of piperazine rings is 1. The molecule has 0 spiro atoms. The zero-order valence-electron chi connectivity index (χ0n) is 10.9. The lowest BCUT2D eigenvalue weighted by Crippen LogP contribution is -2.66. The lowest BCUT2D eigenvalue weighted by Gasteiger charge is -2.41. The van der Waals surface area contributed by atoms with Gasteiger partial charge in [-0.3, -0.25) is 19.7 Å². The normalized spacial score (nSPS) is 31.4. The monoisotopic (exact) mass is 254 g/mol. The summed E-state index contributed by atoms with van der Waals surface area (Å²) in [6.45, 7) is 5.61. The summed E-state index contributed by atoms with van der Waals surface area (Å²) in [6.07, 6.45) is 0.482. The fourth-order valence-electron chi connectivity index (χ4n) is 2.39. The molecule has 2 fully saturated rings. The van der Waals surface area contributed by atoms with Crippen LogP contribution in [-0.4, -0.2) is 47.4 Å². The van der Waals surface area contributed by atoms with Gasteiger partial charge in [0, 0.05) is 6.61 Å². The molecule has 3 amide bonds. The lowest BCUT2D eigenvalue weighted by molar-refractivity contribution is -0.158. The number of amides is 3. The minimum atomic E-state index is -0.993. The minimum Gasteiger partial charge on any atom is -0.378 e. The van der Waals surface area contributed by atoms with E-state index in [1.807, 2.05) is 6.92 Å². The SMILES string of the molecule is CC1OCCC1C(=O)N1CC(=O)NC(=O)C1(C)C. The van der Waals surface area contributed by atoms with Gasteiger partial charge in [-0.1, -0.05) is 0 Å². The zero-order valence-corrected chi connectivity index (χ0v) is 10.9. The standard InChI is InChI=1S/C12H18N2O4/c1-7-8(4-5-18-7)10(16)14-6-9(15)13-11(17)12(14,2)3/h7-8H,4-6H2,1-3H3,(H,13,15,17). The Kier molecular flexibility index (Phi) is 3.14. The molecule has 0 radical (unpaired) electrons. The average molecular weight is 254 g/mol. The molecule has 2 saturated heterocycles. The first-order valence-electron chi connectivity index (χ1n) is 6.11. The molecule has 2 aliphatic rings. The van der Waals surface area contributed by atoms with Crippen molar-refractivity contribution in [3.05, 3.63) is 0 Å². The highest BCUT2D eigenvalue weighted by Crippen LogP contribution is 2.27. The van der Waals surface area contributed by atoms with Crippen LogP contribution >= 0.6 is 0 Å². The van der Waals surface area contributed by atoms with Gasteiger partial charge in [-0.15, -0.1) is 0 Å². The predicted octanol–water partition coefficient (Wildman–Crippen LogP) is -0.325. The largest absolute Gasteiger partial charge is 0.378 e. The van der Waals surface area contributed by atoms with Crippen LogP contribution in [0.3, 0.4) is 0 Å². The van der Waals surface area contributed by atoms with Crippen LogP contribution < -0.4 is 5.32 Å². The highest BCUT2D eigenvalue weighted by atomic mass is 16.5. The molecule has 6 nitrogen and oxygen atoms in total. The number of hydrogen-bond donors (Lipinski definition) is 1. The van der Waals surface area contributed by atoms with Gasteiger partial charge in [-0.2, -0.15) is 0 Å². The highest BCUT2D eigenvalue weighted by Gasteiger charge is 2.46. The summed E-state index contributed by atoms with van der Waals surface area (Å²) in [4.78, 5) is 37.0. The van der Waals surface area contributed by atoms with Crippen molar-refractivity contribution in [3.8, 4) is 0 Å². The summed E-state index contributed by atoms with van der Waals surface area (Å²) < 4.78 is 5.37. The molecule has 2 rings (SSSR count). The molecule has 0 bridgehead atoms. The van der Waals surface area contributed by atoms with Crippen molar-refractivity contribution in [3.63, 3.8) is 0 Å². The molecule has 2 unspecified atom stereocenters. The smallest absolute Gasteiger partial charge is 0.252 e. The Labute approximate surface area is 106 Å². The maximum Gasteiger partial charge on any atom is 0.252 e. The van der Waals surface area contributed by atoms with Crippen LogP contribution in [-0.2, 0) is 19.1 Å². The van der Waals surface area contributed by atoms with Gasteiger partial charge in [0.2, 0.25) is 11.8 Å². The van der Waals surface area contributed by atoms with Crippen LogP contribution in [0.25, 0.3) is 0 Å². The third-order valence-electron chi connectivity index (χ3n) is 3.74.